The first kappa shape index (κ1) is 26.5. The number of aryl methyl sites for hydroxylation is 1. The van der Waals surface area contributed by atoms with Crippen LogP contribution in [0.2, 0.25) is 0 Å². The quantitative estimate of drug-likeness (QED) is 0.407. The second kappa shape index (κ2) is 11.4. The van der Waals surface area contributed by atoms with Gasteiger partial charge in [0.05, 0.1) is 18.8 Å². The van der Waals surface area contributed by atoms with E-state index in [-0.39, 0.29) is 38.6 Å². The minimum atomic E-state index is 0. The van der Waals surface area contributed by atoms with Crippen molar-refractivity contribution in [2.45, 2.75) is 6.92 Å². The number of H-pyrrole nitrogens is 1. The summed E-state index contributed by atoms with van der Waals surface area (Å²) >= 11 is 0. The predicted molar refractivity (Wildman–Crippen MR) is 143 cm³/mol. The fraction of sp³-hybridized carbons (Fsp3) is 0.261. The van der Waals surface area contributed by atoms with E-state index in [0.29, 0.717) is 5.88 Å². The van der Waals surface area contributed by atoms with Gasteiger partial charge in [0.2, 0.25) is 5.88 Å². The summed E-state index contributed by atoms with van der Waals surface area (Å²) in [5.41, 5.74) is 5.58. The monoisotopic (exact) mass is 510 g/mol. The van der Waals surface area contributed by atoms with Gasteiger partial charge in [-0.2, -0.15) is 10.1 Å². The third kappa shape index (κ3) is 5.27. The van der Waals surface area contributed by atoms with E-state index in [9.17, 15) is 0 Å². The molecule has 1 aromatic carbocycles. The molecule has 0 saturated carbocycles. The molecule has 1 aliphatic heterocycles. The standard InChI is InChI=1S/C23H24N6O.3ClH.H2/c1-16-19(15-25-27-16)17-6-7-20-18(14-17)21(8-9-24-20)28-10-12-29(13-11-28)22-4-3-5-23(26-22)30-2;;;;/h3-9,14-15H,10-13H2,1-2H3,(H,25,27);4*1H. The van der Waals surface area contributed by atoms with E-state index < -0.39 is 0 Å². The lowest BCUT2D eigenvalue weighted by Crippen LogP contribution is -2.46. The zero-order chi connectivity index (χ0) is 20.5. The van der Waals surface area contributed by atoms with Crippen LogP contribution in [0.5, 0.6) is 5.88 Å². The summed E-state index contributed by atoms with van der Waals surface area (Å²) in [6, 6.07) is 14.5. The SMILES string of the molecule is COc1cccc(N2CCN(c3ccnc4ccc(-c5cn[nH]c5C)cc34)CC2)n1.Cl.Cl.Cl.[HH]. The molecule has 10 heteroatoms. The van der Waals surface area contributed by atoms with Crippen molar-refractivity contribution in [3.05, 3.63) is 60.6 Å². The van der Waals surface area contributed by atoms with Gasteiger partial charge in [-0.05, 0) is 36.8 Å². The molecule has 0 atom stereocenters. The molecular weight excluding hydrogens is 483 g/mol. The molecule has 0 radical (unpaired) electrons. The number of methoxy groups -OCH3 is 1. The fourth-order valence-electron chi connectivity index (χ4n) is 4.09. The molecule has 0 spiro atoms. The molecule has 7 nitrogen and oxygen atoms in total. The van der Waals surface area contributed by atoms with Crippen molar-refractivity contribution in [2.75, 3.05) is 43.1 Å². The van der Waals surface area contributed by atoms with Gasteiger partial charge in [-0.1, -0.05) is 12.1 Å². The highest BCUT2D eigenvalue weighted by molar-refractivity contribution is 5.95. The van der Waals surface area contributed by atoms with Gasteiger partial charge in [0.1, 0.15) is 5.82 Å². The molecule has 0 unspecified atom stereocenters. The average Bonchev–Trinajstić information content (AvgIpc) is 3.24. The Morgan fingerprint density at radius 1 is 0.970 bits per heavy atom. The number of benzene rings is 1. The zero-order valence-electron chi connectivity index (χ0n) is 18.4. The van der Waals surface area contributed by atoms with Crippen molar-refractivity contribution >= 4 is 59.6 Å². The number of aromatic amines is 1. The number of fused-ring (bicyclic) bond motifs is 1. The first-order valence-electron chi connectivity index (χ1n) is 10.1. The molecule has 0 amide bonds. The first-order valence-corrected chi connectivity index (χ1v) is 10.1. The van der Waals surface area contributed by atoms with E-state index >= 15 is 0 Å². The van der Waals surface area contributed by atoms with Crippen LogP contribution in [-0.4, -0.2) is 53.5 Å². The molecule has 3 aromatic heterocycles. The van der Waals surface area contributed by atoms with Crippen LogP contribution in [0.4, 0.5) is 11.5 Å². The van der Waals surface area contributed by atoms with E-state index in [1.807, 2.05) is 37.5 Å². The summed E-state index contributed by atoms with van der Waals surface area (Å²) in [5.74, 6) is 1.61. The van der Waals surface area contributed by atoms with Crippen molar-refractivity contribution in [2.24, 2.45) is 0 Å². The van der Waals surface area contributed by atoms with Gasteiger partial charge in [0.15, 0.2) is 0 Å². The second-order valence-corrected chi connectivity index (χ2v) is 7.48. The molecule has 1 fully saturated rings. The van der Waals surface area contributed by atoms with Crippen molar-refractivity contribution in [1.29, 1.82) is 0 Å². The van der Waals surface area contributed by atoms with Gasteiger partial charge in [0, 0.05) is 62.2 Å². The molecule has 4 heterocycles. The fourth-order valence-corrected chi connectivity index (χ4v) is 4.09. The molecule has 178 valence electrons. The lowest BCUT2D eigenvalue weighted by molar-refractivity contribution is 0.397. The van der Waals surface area contributed by atoms with E-state index in [0.717, 1.165) is 54.3 Å². The predicted octanol–water partition coefficient (Wildman–Crippen LogP) is 5.17. The molecule has 1 aliphatic rings. The highest BCUT2D eigenvalue weighted by atomic mass is 35.5. The Bertz CT molecular complexity index is 1200. The Hall–Kier alpha value is -2.74. The van der Waals surface area contributed by atoms with Crippen molar-refractivity contribution < 1.29 is 6.16 Å². The number of nitrogens with one attached hydrogen (secondary N) is 1. The zero-order valence-corrected chi connectivity index (χ0v) is 20.8. The minimum Gasteiger partial charge on any atom is -0.481 e. The van der Waals surface area contributed by atoms with Crippen LogP contribution in [0.15, 0.2) is 54.9 Å². The molecule has 4 aromatic rings. The topological polar surface area (TPSA) is 70.2 Å². The number of pyridine rings is 2. The number of hydrogen-bond acceptors (Lipinski definition) is 6. The van der Waals surface area contributed by atoms with E-state index in [1.54, 1.807) is 7.11 Å². The molecule has 1 N–H and O–H groups in total. The lowest BCUT2D eigenvalue weighted by Gasteiger charge is -2.37. The number of halogens is 3. The van der Waals surface area contributed by atoms with Gasteiger partial charge in [-0.25, -0.2) is 0 Å². The molecular formula is C23H29Cl3N6O. The second-order valence-electron chi connectivity index (χ2n) is 7.48. The van der Waals surface area contributed by atoms with Gasteiger partial charge >= 0.3 is 0 Å². The van der Waals surface area contributed by atoms with Gasteiger partial charge in [-0.3, -0.25) is 10.1 Å². The van der Waals surface area contributed by atoms with Crippen LogP contribution < -0.4 is 14.5 Å². The third-order valence-corrected chi connectivity index (χ3v) is 5.72. The van der Waals surface area contributed by atoms with Crippen LogP contribution in [0.25, 0.3) is 22.0 Å². The number of hydrogen-bond donors (Lipinski definition) is 1. The Balaban J connectivity index is 0.00000144. The van der Waals surface area contributed by atoms with Crippen LogP contribution >= 0.6 is 37.2 Å². The lowest BCUT2D eigenvalue weighted by atomic mass is 10.0. The Morgan fingerprint density at radius 2 is 1.73 bits per heavy atom. The highest BCUT2D eigenvalue weighted by Crippen LogP contribution is 2.31. The Morgan fingerprint density at radius 3 is 2.42 bits per heavy atom. The van der Waals surface area contributed by atoms with E-state index in [1.165, 1.54) is 11.1 Å². The summed E-state index contributed by atoms with van der Waals surface area (Å²) < 4.78 is 5.27. The largest absolute Gasteiger partial charge is 0.481 e. The van der Waals surface area contributed by atoms with Gasteiger partial charge < -0.3 is 14.5 Å². The number of anilines is 2. The van der Waals surface area contributed by atoms with Crippen LogP contribution in [0, 0.1) is 6.92 Å². The molecule has 5 rings (SSSR count). The third-order valence-electron chi connectivity index (χ3n) is 5.72. The average molecular weight is 512 g/mol. The number of ether oxygens (including phenoxy) is 1. The summed E-state index contributed by atoms with van der Waals surface area (Å²) in [6.45, 7) is 5.71. The summed E-state index contributed by atoms with van der Waals surface area (Å²) in [7, 11) is 1.65. The maximum absolute atomic E-state index is 5.27. The number of nitrogens with zero attached hydrogens (tertiary/aromatic N) is 5. The van der Waals surface area contributed by atoms with Crippen LogP contribution in [-0.2, 0) is 0 Å². The summed E-state index contributed by atoms with van der Waals surface area (Å²) in [6.07, 6.45) is 3.78. The summed E-state index contributed by atoms with van der Waals surface area (Å²) in [4.78, 5) is 13.9. The van der Waals surface area contributed by atoms with Crippen LogP contribution in [0.3, 0.4) is 0 Å². The molecule has 33 heavy (non-hydrogen) atoms. The summed E-state index contributed by atoms with van der Waals surface area (Å²) in [5, 5.41) is 8.36. The number of piperazine rings is 1. The maximum atomic E-state index is 5.27. The highest BCUT2D eigenvalue weighted by Gasteiger charge is 2.20. The van der Waals surface area contributed by atoms with Crippen molar-refractivity contribution in [3.8, 4) is 17.0 Å². The van der Waals surface area contributed by atoms with Gasteiger partial charge in [-0.15, -0.1) is 37.2 Å². The van der Waals surface area contributed by atoms with Crippen molar-refractivity contribution in [3.63, 3.8) is 0 Å². The van der Waals surface area contributed by atoms with E-state index in [2.05, 4.69) is 54.2 Å². The minimum absolute atomic E-state index is 0. The number of rotatable bonds is 4. The molecule has 1 saturated heterocycles. The Kier molecular flexibility index (Phi) is 9.16. The maximum Gasteiger partial charge on any atom is 0.214 e. The first-order chi connectivity index (χ1) is 14.7. The van der Waals surface area contributed by atoms with Crippen molar-refractivity contribution in [1.82, 2.24) is 20.2 Å². The molecule has 0 aliphatic carbocycles. The van der Waals surface area contributed by atoms with E-state index in [4.69, 9.17) is 4.74 Å². The van der Waals surface area contributed by atoms with Crippen LogP contribution in [0.1, 0.15) is 7.12 Å². The number of aromatic nitrogens is 4. The normalized spacial score (nSPS) is 13.0. The Labute approximate surface area is 213 Å². The molecule has 0 bridgehead atoms. The smallest absolute Gasteiger partial charge is 0.214 e. The van der Waals surface area contributed by atoms with Gasteiger partial charge in [0.25, 0.3) is 0 Å².